The van der Waals surface area contributed by atoms with Crippen LogP contribution >= 0.6 is 11.3 Å². The molecule has 1 fully saturated rings. The molecular weight excluding hydrogens is 384 g/mol. The summed E-state index contributed by atoms with van der Waals surface area (Å²) in [6.07, 6.45) is 4.49. The summed E-state index contributed by atoms with van der Waals surface area (Å²) in [5.41, 5.74) is 0.340. The van der Waals surface area contributed by atoms with Crippen molar-refractivity contribution in [2.24, 2.45) is 11.3 Å². The molecule has 1 unspecified atom stereocenters. The molecule has 1 saturated heterocycles. The van der Waals surface area contributed by atoms with Crippen molar-refractivity contribution in [1.82, 2.24) is 20.0 Å². The molecule has 0 bridgehead atoms. The monoisotopic (exact) mass is 418 g/mol. The lowest BCUT2D eigenvalue weighted by Crippen LogP contribution is -2.41. The molecule has 2 aromatic heterocycles. The van der Waals surface area contributed by atoms with Crippen molar-refractivity contribution in [3.8, 4) is 10.8 Å². The van der Waals surface area contributed by atoms with Crippen LogP contribution in [0.4, 0.5) is 0 Å². The van der Waals surface area contributed by atoms with E-state index in [1.165, 1.54) is 12.8 Å². The highest BCUT2D eigenvalue weighted by molar-refractivity contribution is 7.13. The summed E-state index contributed by atoms with van der Waals surface area (Å²) in [6, 6.07) is 3.92. The molecule has 2 aromatic rings. The third kappa shape index (κ3) is 6.12. The second-order valence-corrected chi connectivity index (χ2v) is 10.0. The molecule has 0 radical (unpaired) electrons. The van der Waals surface area contributed by atoms with Gasteiger partial charge in [0, 0.05) is 6.54 Å². The molecule has 3 rings (SSSR count). The third-order valence-electron chi connectivity index (χ3n) is 5.78. The van der Waals surface area contributed by atoms with Gasteiger partial charge in [-0.05, 0) is 61.6 Å². The van der Waals surface area contributed by atoms with Crippen LogP contribution in [0.3, 0.4) is 0 Å². The average Bonchev–Trinajstić information content (AvgIpc) is 3.29. The Balaban J connectivity index is 1.58. The number of hydrogen-bond acceptors (Lipinski definition) is 6. The SMILES string of the molecule is CCCN(Cc1nnc(-c2cccs2)o1)C(=O)CN1CCCC(C(C)(C)C)CC1. The Morgan fingerprint density at radius 1 is 1.31 bits per heavy atom. The molecule has 1 amide bonds. The summed E-state index contributed by atoms with van der Waals surface area (Å²) in [4.78, 5) is 18.2. The minimum atomic E-state index is 0.150. The Morgan fingerprint density at radius 2 is 2.14 bits per heavy atom. The van der Waals surface area contributed by atoms with E-state index in [4.69, 9.17) is 4.42 Å². The molecule has 160 valence electrons. The molecule has 0 spiro atoms. The predicted octanol–water partition coefficient (Wildman–Crippen LogP) is 4.68. The van der Waals surface area contributed by atoms with Crippen LogP contribution in [0.2, 0.25) is 0 Å². The number of carbonyl (C=O) groups is 1. The first kappa shape index (κ1) is 22.0. The Bertz CT molecular complexity index is 766. The van der Waals surface area contributed by atoms with Crippen molar-refractivity contribution in [2.75, 3.05) is 26.2 Å². The lowest BCUT2D eigenvalue weighted by atomic mass is 9.77. The van der Waals surface area contributed by atoms with Gasteiger partial charge in [-0.25, -0.2) is 0 Å². The molecule has 0 aliphatic carbocycles. The number of hydrogen-bond donors (Lipinski definition) is 0. The highest BCUT2D eigenvalue weighted by Crippen LogP contribution is 2.34. The van der Waals surface area contributed by atoms with Crippen LogP contribution in [0.25, 0.3) is 10.8 Å². The van der Waals surface area contributed by atoms with Crippen molar-refractivity contribution in [1.29, 1.82) is 0 Å². The van der Waals surface area contributed by atoms with Crippen LogP contribution in [-0.2, 0) is 11.3 Å². The van der Waals surface area contributed by atoms with E-state index in [1.807, 2.05) is 22.4 Å². The van der Waals surface area contributed by atoms with Gasteiger partial charge >= 0.3 is 0 Å². The first-order valence-electron chi connectivity index (χ1n) is 10.7. The maximum absolute atomic E-state index is 13.0. The Kier molecular flexibility index (Phi) is 7.46. The molecule has 1 aliphatic rings. The van der Waals surface area contributed by atoms with E-state index in [0.29, 0.717) is 36.8 Å². The van der Waals surface area contributed by atoms with Gasteiger partial charge in [0.25, 0.3) is 5.89 Å². The van der Waals surface area contributed by atoms with E-state index in [9.17, 15) is 4.79 Å². The highest BCUT2D eigenvalue weighted by Gasteiger charge is 2.28. The number of nitrogens with zero attached hydrogens (tertiary/aromatic N) is 4. The number of amides is 1. The second kappa shape index (κ2) is 9.85. The maximum atomic E-state index is 13.0. The average molecular weight is 419 g/mol. The fourth-order valence-electron chi connectivity index (χ4n) is 4.01. The van der Waals surface area contributed by atoms with Gasteiger partial charge in [0.2, 0.25) is 11.8 Å². The van der Waals surface area contributed by atoms with Gasteiger partial charge in [0.15, 0.2) is 0 Å². The van der Waals surface area contributed by atoms with Crippen molar-refractivity contribution in [3.63, 3.8) is 0 Å². The summed E-state index contributed by atoms with van der Waals surface area (Å²) in [6.45, 7) is 12.6. The largest absolute Gasteiger partial charge is 0.418 e. The van der Waals surface area contributed by atoms with Gasteiger partial charge in [-0.15, -0.1) is 21.5 Å². The lowest BCUT2D eigenvalue weighted by molar-refractivity contribution is -0.133. The fraction of sp³-hybridized carbons (Fsp3) is 0.682. The normalized spacial score (nSPS) is 18.6. The van der Waals surface area contributed by atoms with Crippen molar-refractivity contribution in [2.45, 2.75) is 59.9 Å². The molecule has 0 aromatic carbocycles. The standard InChI is InChI=1S/C22H34N4O2S/c1-5-11-26(15-19-23-24-21(28-19)18-9-7-14-29-18)20(27)16-25-12-6-8-17(10-13-25)22(2,3)4/h7,9,14,17H,5-6,8,10-13,15-16H2,1-4H3. The number of rotatable bonds is 7. The topological polar surface area (TPSA) is 62.5 Å². The molecule has 1 aliphatic heterocycles. The quantitative estimate of drug-likeness (QED) is 0.653. The van der Waals surface area contributed by atoms with Crippen LogP contribution in [0, 0.1) is 11.3 Å². The van der Waals surface area contributed by atoms with E-state index >= 15 is 0 Å². The summed E-state index contributed by atoms with van der Waals surface area (Å²) in [7, 11) is 0. The Hall–Kier alpha value is -1.73. The smallest absolute Gasteiger partial charge is 0.257 e. The van der Waals surface area contributed by atoms with E-state index in [0.717, 1.165) is 36.7 Å². The minimum Gasteiger partial charge on any atom is -0.418 e. The second-order valence-electron chi connectivity index (χ2n) is 9.06. The molecular formula is C22H34N4O2S. The molecule has 7 heteroatoms. The first-order chi connectivity index (χ1) is 13.9. The lowest BCUT2D eigenvalue weighted by Gasteiger charge is -2.30. The van der Waals surface area contributed by atoms with Crippen molar-refractivity contribution < 1.29 is 9.21 Å². The van der Waals surface area contributed by atoms with Gasteiger partial charge in [0.05, 0.1) is 18.0 Å². The van der Waals surface area contributed by atoms with E-state index in [1.54, 1.807) is 11.3 Å². The van der Waals surface area contributed by atoms with Crippen molar-refractivity contribution in [3.05, 3.63) is 23.4 Å². The predicted molar refractivity (Wildman–Crippen MR) is 117 cm³/mol. The molecule has 6 nitrogen and oxygen atoms in total. The summed E-state index contributed by atoms with van der Waals surface area (Å²) in [5.74, 6) is 1.90. The van der Waals surface area contributed by atoms with Crippen LogP contribution in [0.1, 0.15) is 59.3 Å². The number of aromatic nitrogens is 2. The molecule has 0 saturated carbocycles. The Labute approximate surface area is 178 Å². The minimum absolute atomic E-state index is 0.150. The van der Waals surface area contributed by atoms with E-state index in [2.05, 4.69) is 42.8 Å². The summed E-state index contributed by atoms with van der Waals surface area (Å²) in [5, 5.41) is 10.3. The Morgan fingerprint density at radius 3 is 2.83 bits per heavy atom. The number of carbonyl (C=O) groups excluding carboxylic acids is 1. The molecule has 29 heavy (non-hydrogen) atoms. The van der Waals surface area contributed by atoms with Crippen LogP contribution in [-0.4, -0.2) is 52.1 Å². The van der Waals surface area contributed by atoms with Gasteiger partial charge < -0.3 is 9.32 Å². The van der Waals surface area contributed by atoms with Gasteiger partial charge in [-0.2, -0.15) is 0 Å². The van der Waals surface area contributed by atoms with Crippen molar-refractivity contribution >= 4 is 17.2 Å². The summed E-state index contributed by atoms with van der Waals surface area (Å²) >= 11 is 1.57. The third-order valence-corrected chi connectivity index (χ3v) is 6.63. The molecule has 0 N–H and O–H groups in total. The zero-order valence-corrected chi connectivity index (χ0v) is 19.0. The fourth-order valence-corrected chi connectivity index (χ4v) is 4.66. The van der Waals surface area contributed by atoms with Gasteiger partial charge in [-0.3, -0.25) is 9.69 Å². The van der Waals surface area contributed by atoms with E-state index < -0.39 is 0 Å². The van der Waals surface area contributed by atoms with Crippen LogP contribution in [0.5, 0.6) is 0 Å². The van der Waals surface area contributed by atoms with E-state index in [-0.39, 0.29) is 5.91 Å². The number of thiophene rings is 1. The summed E-state index contributed by atoms with van der Waals surface area (Å²) < 4.78 is 5.80. The molecule has 1 atom stereocenters. The zero-order valence-electron chi connectivity index (χ0n) is 18.2. The first-order valence-corrected chi connectivity index (χ1v) is 11.6. The number of likely N-dealkylation sites (tertiary alicyclic amines) is 1. The van der Waals surface area contributed by atoms with Gasteiger partial charge in [-0.1, -0.05) is 33.8 Å². The van der Waals surface area contributed by atoms with Crippen LogP contribution < -0.4 is 0 Å². The van der Waals surface area contributed by atoms with Gasteiger partial charge in [0.1, 0.15) is 0 Å². The maximum Gasteiger partial charge on any atom is 0.257 e. The highest BCUT2D eigenvalue weighted by atomic mass is 32.1. The molecule has 3 heterocycles. The zero-order chi connectivity index (χ0) is 20.9. The van der Waals surface area contributed by atoms with Crippen LogP contribution in [0.15, 0.2) is 21.9 Å².